The molecule has 5 fully saturated rings. The van der Waals surface area contributed by atoms with Gasteiger partial charge < -0.3 is 5.32 Å². The van der Waals surface area contributed by atoms with Crippen molar-refractivity contribution in [2.75, 3.05) is 14.1 Å². The molecule has 1 aromatic rings. The number of hydrogen-bond donors (Lipinski definition) is 1. The second-order valence-corrected chi connectivity index (χ2v) is 10.2. The highest BCUT2D eigenvalue weighted by Crippen LogP contribution is 2.54. The van der Waals surface area contributed by atoms with Gasteiger partial charge in [0.05, 0.1) is 0 Å². The summed E-state index contributed by atoms with van der Waals surface area (Å²) in [6, 6.07) is 12.8. The lowest BCUT2D eigenvalue weighted by Crippen LogP contribution is -2.58. The SMILES string of the molecule is CN(C)C1(c2ccccc2)CCC(NC2C3CC4CC(C3)CC2C4)CC1.Cl.Cl. The Morgan fingerprint density at radius 1 is 0.821 bits per heavy atom. The fourth-order valence-electron chi connectivity index (χ4n) is 7.47. The molecule has 5 saturated carbocycles. The molecule has 0 spiro atoms. The summed E-state index contributed by atoms with van der Waals surface area (Å²) in [5, 5.41) is 4.21. The van der Waals surface area contributed by atoms with Crippen molar-refractivity contribution in [3.8, 4) is 0 Å². The summed E-state index contributed by atoms with van der Waals surface area (Å²) in [7, 11) is 4.55. The Hall–Kier alpha value is -0.280. The van der Waals surface area contributed by atoms with Gasteiger partial charge >= 0.3 is 0 Å². The van der Waals surface area contributed by atoms with Gasteiger partial charge in [-0.05, 0) is 101 Å². The van der Waals surface area contributed by atoms with Crippen LogP contribution in [0.5, 0.6) is 0 Å². The first-order valence-corrected chi connectivity index (χ1v) is 11.1. The Kier molecular flexibility index (Phi) is 7.07. The molecule has 0 saturated heterocycles. The highest BCUT2D eigenvalue weighted by Gasteiger charge is 2.49. The lowest BCUT2D eigenvalue weighted by atomic mass is 9.54. The van der Waals surface area contributed by atoms with Crippen LogP contribution in [0.15, 0.2) is 30.3 Å². The van der Waals surface area contributed by atoms with Crippen LogP contribution in [0, 0.1) is 23.7 Å². The molecule has 0 aromatic heterocycles. The summed E-state index contributed by atoms with van der Waals surface area (Å²) in [5.74, 6) is 4.17. The van der Waals surface area contributed by atoms with Gasteiger partial charge in [-0.1, -0.05) is 30.3 Å². The first-order valence-electron chi connectivity index (χ1n) is 11.1. The molecule has 0 aliphatic heterocycles. The number of benzene rings is 1. The van der Waals surface area contributed by atoms with E-state index in [0.717, 1.165) is 35.8 Å². The summed E-state index contributed by atoms with van der Waals surface area (Å²) in [6.45, 7) is 0. The fourth-order valence-corrected chi connectivity index (χ4v) is 7.47. The Balaban J connectivity index is 0.00000112. The zero-order chi connectivity index (χ0) is 17.7. The molecular weight excluding hydrogens is 387 g/mol. The third kappa shape index (κ3) is 3.87. The van der Waals surface area contributed by atoms with Crippen molar-refractivity contribution in [2.24, 2.45) is 23.7 Å². The number of halogens is 2. The van der Waals surface area contributed by atoms with Gasteiger partial charge in [0.25, 0.3) is 0 Å². The van der Waals surface area contributed by atoms with Crippen LogP contribution >= 0.6 is 24.8 Å². The molecule has 0 radical (unpaired) electrons. The molecule has 4 bridgehead atoms. The summed E-state index contributed by atoms with van der Waals surface area (Å²) >= 11 is 0. The van der Waals surface area contributed by atoms with Crippen LogP contribution < -0.4 is 5.32 Å². The Labute approximate surface area is 184 Å². The maximum Gasteiger partial charge on any atom is 0.0455 e. The third-order valence-electron chi connectivity index (χ3n) is 8.63. The molecule has 0 unspecified atom stereocenters. The van der Waals surface area contributed by atoms with Crippen molar-refractivity contribution in [2.45, 2.75) is 75.4 Å². The van der Waals surface area contributed by atoms with Crippen LogP contribution in [-0.4, -0.2) is 31.1 Å². The van der Waals surface area contributed by atoms with Gasteiger partial charge in [0.15, 0.2) is 0 Å². The minimum absolute atomic E-state index is 0. The lowest BCUT2D eigenvalue weighted by Gasteiger charge is -2.56. The minimum Gasteiger partial charge on any atom is -0.311 e. The molecule has 0 atom stereocenters. The van der Waals surface area contributed by atoms with E-state index in [0.29, 0.717) is 0 Å². The molecule has 28 heavy (non-hydrogen) atoms. The molecule has 4 heteroatoms. The van der Waals surface area contributed by atoms with E-state index in [1.807, 2.05) is 0 Å². The maximum absolute atomic E-state index is 4.21. The molecule has 1 N–H and O–H groups in total. The predicted molar refractivity (Wildman–Crippen MR) is 123 cm³/mol. The minimum atomic E-state index is 0. The van der Waals surface area contributed by atoms with Gasteiger partial charge in [-0.3, -0.25) is 4.90 Å². The summed E-state index contributed by atoms with van der Waals surface area (Å²) < 4.78 is 0. The monoisotopic (exact) mass is 424 g/mol. The van der Waals surface area contributed by atoms with Crippen molar-refractivity contribution < 1.29 is 0 Å². The van der Waals surface area contributed by atoms with Crippen LogP contribution in [0.2, 0.25) is 0 Å². The Morgan fingerprint density at radius 2 is 1.36 bits per heavy atom. The van der Waals surface area contributed by atoms with Gasteiger partial charge in [0.2, 0.25) is 0 Å². The average molecular weight is 425 g/mol. The molecule has 2 nitrogen and oxygen atoms in total. The number of rotatable bonds is 4. The van der Waals surface area contributed by atoms with E-state index in [9.17, 15) is 0 Å². The number of nitrogens with zero attached hydrogens (tertiary/aromatic N) is 1. The molecule has 158 valence electrons. The normalized spacial score (nSPS) is 41.4. The molecule has 0 heterocycles. The standard InChI is InChI=1S/C24H36N2.2ClH/c1-26(2)24(21-6-4-3-5-7-21)10-8-22(9-11-24)25-23-19-13-17-12-18(15-19)16-20(23)14-17;;/h3-7,17-20,22-23,25H,8-16H2,1-2H3;2*1H. The van der Waals surface area contributed by atoms with E-state index in [-0.39, 0.29) is 30.4 Å². The Bertz CT molecular complexity index is 597. The third-order valence-corrected chi connectivity index (χ3v) is 8.63. The Morgan fingerprint density at radius 3 is 1.86 bits per heavy atom. The largest absolute Gasteiger partial charge is 0.311 e. The van der Waals surface area contributed by atoms with Crippen LogP contribution in [0.25, 0.3) is 0 Å². The van der Waals surface area contributed by atoms with Crippen molar-refractivity contribution in [1.29, 1.82) is 0 Å². The van der Waals surface area contributed by atoms with Crippen molar-refractivity contribution in [3.63, 3.8) is 0 Å². The van der Waals surface area contributed by atoms with E-state index in [4.69, 9.17) is 0 Å². The van der Waals surface area contributed by atoms with Gasteiger partial charge in [-0.2, -0.15) is 0 Å². The van der Waals surface area contributed by atoms with Gasteiger partial charge in [-0.25, -0.2) is 0 Å². The van der Waals surface area contributed by atoms with Crippen molar-refractivity contribution in [1.82, 2.24) is 10.2 Å². The molecule has 5 aliphatic rings. The van der Waals surface area contributed by atoms with Gasteiger partial charge in [0, 0.05) is 17.6 Å². The van der Waals surface area contributed by atoms with E-state index >= 15 is 0 Å². The van der Waals surface area contributed by atoms with Crippen LogP contribution in [0.1, 0.15) is 63.4 Å². The summed E-state index contributed by atoms with van der Waals surface area (Å²) in [5.41, 5.74) is 1.75. The van der Waals surface area contributed by atoms with E-state index in [2.05, 4.69) is 54.6 Å². The molecule has 0 amide bonds. The first-order chi connectivity index (χ1) is 12.6. The van der Waals surface area contributed by atoms with Gasteiger partial charge in [0.1, 0.15) is 0 Å². The molecule has 1 aromatic carbocycles. The second-order valence-electron chi connectivity index (χ2n) is 10.2. The smallest absolute Gasteiger partial charge is 0.0455 e. The second kappa shape index (κ2) is 8.84. The molecular formula is C24H38Cl2N2. The van der Waals surface area contributed by atoms with Crippen LogP contribution in [0.3, 0.4) is 0 Å². The first kappa shape index (κ1) is 22.4. The molecule has 6 rings (SSSR count). The highest BCUT2D eigenvalue weighted by atomic mass is 35.5. The van der Waals surface area contributed by atoms with E-state index < -0.39 is 0 Å². The van der Waals surface area contributed by atoms with E-state index in [1.165, 1.54) is 56.9 Å². The zero-order valence-corrected chi connectivity index (χ0v) is 19.1. The zero-order valence-electron chi connectivity index (χ0n) is 17.5. The maximum atomic E-state index is 4.21. The highest BCUT2D eigenvalue weighted by molar-refractivity contribution is 5.85. The number of nitrogens with one attached hydrogen (secondary N) is 1. The summed E-state index contributed by atoms with van der Waals surface area (Å²) in [6.07, 6.45) is 12.9. The van der Waals surface area contributed by atoms with E-state index in [1.54, 1.807) is 6.42 Å². The summed E-state index contributed by atoms with van der Waals surface area (Å²) in [4.78, 5) is 2.49. The number of hydrogen-bond acceptors (Lipinski definition) is 2. The average Bonchev–Trinajstić information content (AvgIpc) is 2.65. The van der Waals surface area contributed by atoms with Gasteiger partial charge in [-0.15, -0.1) is 24.8 Å². The topological polar surface area (TPSA) is 15.3 Å². The predicted octanol–water partition coefficient (Wildman–Crippen LogP) is 5.64. The lowest BCUT2D eigenvalue weighted by molar-refractivity contribution is -0.0227. The van der Waals surface area contributed by atoms with Crippen molar-refractivity contribution >= 4 is 24.8 Å². The fraction of sp³-hybridized carbons (Fsp3) is 0.750. The van der Waals surface area contributed by atoms with Crippen molar-refractivity contribution in [3.05, 3.63) is 35.9 Å². The van der Waals surface area contributed by atoms with Crippen LogP contribution in [-0.2, 0) is 5.54 Å². The quantitative estimate of drug-likeness (QED) is 0.671. The van der Waals surface area contributed by atoms with Crippen LogP contribution in [0.4, 0.5) is 0 Å². The molecule has 5 aliphatic carbocycles.